The molecular formula is C22H33ClN2O4. The number of carbonyl (C=O) groups is 2. The van der Waals surface area contributed by atoms with Crippen molar-refractivity contribution in [3.63, 3.8) is 0 Å². The summed E-state index contributed by atoms with van der Waals surface area (Å²) in [5, 5.41) is 14.7. The van der Waals surface area contributed by atoms with E-state index >= 15 is 0 Å². The zero-order valence-electron chi connectivity index (χ0n) is 18.2. The standard InChI is InChI=1S/C22H33ClN2O4/c1-7-17(24-19(27)29-20(2,3)4)18(26)25-13-12-22(28,21(5,6)14-25)15-8-10-16(23)11-9-15/h8-11,17,28H,7,12-14H2,1-6H3,(H,24,27). The normalized spacial score (nSPS) is 22.7. The molecule has 7 heteroatoms. The van der Waals surface area contributed by atoms with Gasteiger partial charge in [-0.15, -0.1) is 0 Å². The second-order valence-electron chi connectivity index (χ2n) is 9.37. The lowest BCUT2D eigenvalue weighted by atomic mass is 9.66. The average Bonchev–Trinajstić information content (AvgIpc) is 2.60. The maximum Gasteiger partial charge on any atom is 0.408 e. The van der Waals surface area contributed by atoms with Gasteiger partial charge in [0.15, 0.2) is 0 Å². The Balaban J connectivity index is 2.12. The fraction of sp³-hybridized carbons (Fsp3) is 0.636. The van der Waals surface area contributed by atoms with E-state index in [0.717, 1.165) is 5.56 Å². The van der Waals surface area contributed by atoms with E-state index in [1.54, 1.807) is 37.8 Å². The Morgan fingerprint density at radius 2 is 1.86 bits per heavy atom. The van der Waals surface area contributed by atoms with Crippen molar-refractivity contribution in [3.8, 4) is 0 Å². The quantitative estimate of drug-likeness (QED) is 0.762. The van der Waals surface area contributed by atoms with Gasteiger partial charge in [0, 0.05) is 23.5 Å². The highest BCUT2D eigenvalue weighted by atomic mass is 35.5. The molecule has 2 N–H and O–H groups in total. The minimum atomic E-state index is -1.07. The second kappa shape index (κ2) is 8.52. The number of rotatable bonds is 4. The van der Waals surface area contributed by atoms with Crippen LogP contribution in [-0.2, 0) is 15.1 Å². The Hall–Kier alpha value is -1.79. The van der Waals surface area contributed by atoms with Crippen molar-refractivity contribution in [1.29, 1.82) is 0 Å². The summed E-state index contributed by atoms with van der Waals surface area (Å²) in [4.78, 5) is 26.9. The van der Waals surface area contributed by atoms with Crippen LogP contribution in [0.2, 0.25) is 5.02 Å². The van der Waals surface area contributed by atoms with Crippen molar-refractivity contribution in [2.45, 2.75) is 71.6 Å². The summed E-state index contributed by atoms with van der Waals surface area (Å²) in [6, 6.07) is 6.53. The molecule has 6 nitrogen and oxygen atoms in total. The molecule has 1 aromatic rings. The fourth-order valence-corrected chi connectivity index (χ4v) is 3.91. The minimum Gasteiger partial charge on any atom is -0.444 e. The number of carbonyl (C=O) groups excluding carboxylic acids is 2. The third kappa shape index (κ3) is 5.43. The molecule has 0 saturated carbocycles. The number of nitrogens with one attached hydrogen (secondary N) is 1. The average molecular weight is 425 g/mol. The predicted octanol–water partition coefficient (Wildman–Crippen LogP) is 4.09. The third-order valence-corrected chi connectivity index (χ3v) is 5.73. The van der Waals surface area contributed by atoms with E-state index in [9.17, 15) is 14.7 Å². The van der Waals surface area contributed by atoms with Crippen LogP contribution in [-0.4, -0.2) is 46.7 Å². The van der Waals surface area contributed by atoms with Crippen molar-refractivity contribution >= 4 is 23.6 Å². The zero-order valence-corrected chi connectivity index (χ0v) is 19.0. The number of hydrogen-bond acceptors (Lipinski definition) is 4. The van der Waals surface area contributed by atoms with E-state index in [4.69, 9.17) is 16.3 Å². The maximum atomic E-state index is 13.1. The summed E-state index contributed by atoms with van der Waals surface area (Å²) in [7, 11) is 0. The first kappa shape index (κ1) is 23.5. The van der Waals surface area contributed by atoms with Crippen LogP contribution in [0.1, 0.15) is 59.9 Å². The molecule has 2 atom stereocenters. The Kier molecular flexibility index (Phi) is 6.90. The maximum absolute atomic E-state index is 13.1. The molecular weight excluding hydrogens is 392 g/mol. The number of likely N-dealkylation sites (tertiary alicyclic amines) is 1. The molecule has 2 rings (SSSR count). The molecule has 162 valence electrons. The summed E-state index contributed by atoms with van der Waals surface area (Å²) in [5.74, 6) is -0.162. The highest BCUT2D eigenvalue weighted by Crippen LogP contribution is 2.46. The number of nitrogens with zero attached hydrogens (tertiary/aromatic N) is 1. The molecule has 0 bridgehead atoms. The van der Waals surface area contributed by atoms with Crippen molar-refractivity contribution in [3.05, 3.63) is 34.9 Å². The van der Waals surface area contributed by atoms with Gasteiger partial charge in [-0.25, -0.2) is 4.79 Å². The number of hydrogen-bond donors (Lipinski definition) is 2. The van der Waals surface area contributed by atoms with Crippen molar-refractivity contribution in [1.82, 2.24) is 10.2 Å². The lowest BCUT2D eigenvalue weighted by Crippen LogP contribution is -2.59. The molecule has 1 aliphatic heterocycles. The van der Waals surface area contributed by atoms with Crippen LogP contribution < -0.4 is 5.32 Å². The van der Waals surface area contributed by atoms with Crippen molar-refractivity contribution in [2.24, 2.45) is 5.41 Å². The van der Waals surface area contributed by atoms with Crippen molar-refractivity contribution in [2.75, 3.05) is 13.1 Å². The molecule has 0 spiro atoms. The first-order chi connectivity index (χ1) is 13.3. The number of alkyl carbamates (subject to hydrolysis) is 1. The first-order valence-corrected chi connectivity index (χ1v) is 10.4. The molecule has 1 saturated heterocycles. The molecule has 2 unspecified atom stereocenters. The molecule has 2 amide bonds. The number of benzene rings is 1. The SMILES string of the molecule is CCC(NC(=O)OC(C)(C)C)C(=O)N1CCC(O)(c2ccc(Cl)cc2)C(C)(C)C1. The molecule has 0 aromatic heterocycles. The Bertz CT molecular complexity index is 742. The Morgan fingerprint density at radius 1 is 1.28 bits per heavy atom. The van der Waals surface area contributed by atoms with Gasteiger partial charge in [-0.05, 0) is 51.3 Å². The van der Waals surface area contributed by atoms with Gasteiger partial charge in [0.2, 0.25) is 5.91 Å². The van der Waals surface area contributed by atoms with E-state index in [2.05, 4.69) is 5.32 Å². The van der Waals surface area contributed by atoms with Gasteiger partial charge in [-0.2, -0.15) is 0 Å². The van der Waals surface area contributed by atoms with E-state index in [-0.39, 0.29) is 5.91 Å². The van der Waals surface area contributed by atoms with Crippen LogP contribution >= 0.6 is 11.6 Å². The van der Waals surface area contributed by atoms with Crippen LogP contribution in [0.3, 0.4) is 0 Å². The van der Waals surface area contributed by atoms with E-state index in [0.29, 0.717) is 31.0 Å². The minimum absolute atomic E-state index is 0.162. The van der Waals surface area contributed by atoms with Gasteiger partial charge < -0.3 is 20.1 Å². The molecule has 1 heterocycles. The van der Waals surface area contributed by atoms with Gasteiger partial charge in [-0.1, -0.05) is 44.5 Å². The highest BCUT2D eigenvalue weighted by Gasteiger charge is 2.50. The summed E-state index contributed by atoms with van der Waals surface area (Å²) >= 11 is 5.98. The van der Waals surface area contributed by atoms with Gasteiger partial charge >= 0.3 is 6.09 Å². The molecule has 29 heavy (non-hydrogen) atoms. The van der Waals surface area contributed by atoms with Gasteiger partial charge in [0.1, 0.15) is 11.6 Å². The van der Waals surface area contributed by atoms with E-state index in [1.165, 1.54) is 0 Å². The van der Waals surface area contributed by atoms with Gasteiger partial charge in [-0.3, -0.25) is 4.79 Å². The molecule has 1 fully saturated rings. The lowest BCUT2D eigenvalue weighted by Gasteiger charge is -2.51. The predicted molar refractivity (Wildman–Crippen MR) is 114 cm³/mol. The number of halogens is 1. The monoisotopic (exact) mass is 424 g/mol. The van der Waals surface area contributed by atoms with E-state index < -0.39 is 28.8 Å². The largest absolute Gasteiger partial charge is 0.444 e. The molecule has 1 aliphatic rings. The second-order valence-corrected chi connectivity index (χ2v) is 9.80. The smallest absolute Gasteiger partial charge is 0.408 e. The van der Waals surface area contributed by atoms with Crippen molar-refractivity contribution < 1.29 is 19.4 Å². The number of piperidine rings is 1. The Morgan fingerprint density at radius 3 is 2.34 bits per heavy atom. The molecule has 1 aromatic carbocycles. The molecule has 0 radical (unpaired) electrons. The summed E-state index contributed by atoms with van der Waals surface area (Å²) < 4.78 is 5.28. The zero-order chi connectivity index (χ0) is 22.0. The summed E-state index contributed by atoms with van der Waals surface area (Å²) in [5.41, 5.74) is -1.50. The Labute approximate surface area is 178 Å². The van der Waals surface area contributed by atoms with Crippen LogP contribution in [0.4, 0.5) is 4.79 Å². The molecule has 0 aliphatic carbocycles. The van der Waals surface area contributed by atoms with E-state index in [1.807, 2.05) is 32.9 Å². The number of aliphatic hydroxyl groups is 1. The summed E-state index contributed by atoms with van der Waals surface area (Å²) in [6.45, 7) is 11.8. The van der Waals surface area contributed by atoms with Crippen LogP contribution in [0.25, 0.3) is 0 Å². The van der Waals surface area contributed by atoms with Crippen LogP contribution in [0.15, 0.2) is 24.3 Å². The fourth-order valence-electron chi connectivity index (χ4n) is 3.78. The summed E-state index contributed by atoms with van der Waals surface area (Å²) in [6.07, 6.45) is 0.249. The van der Waals surface area contributed by atoms with Gasteiger partial charge in [0.25, 0.3) is 0 Å². The van der Waals surface area contributed by atoms with Gasteiger partial charge in [0.05, 0.1) is 5.60 Å². The topological polar surface area (TPSA) is 78.9 Å². The lowest BCUT2D eigenvalue weighted by molar-refractivity contribution is -0.155. The van der Waals surface area contributed by atoms with Crippen LogP contribution in [0, 0.1) is 5.41 Å². The third-order valence-electron chi connectivity index (χ3n) is 5.48. The number of amides is 2. The number of ether oxygens (including phenoxy) is 1. The highest BCUT2D eigenvalue weighted by molar-refractivity contribution is 6.30. The first-order valence-electron chi connectivity index (χ1n) is 10.1. The van der Waals surface area contributed by atoms with Crippen LogP contribution in [0.5, 0.6) is 0 Å².